The molecule has 0 aromatic heterocycles. The average molecular weight is 421 g/mol. The van der Waals surface area contributed by atoms with E-state index in [1.54, 1.807) is 33.0 Å². The van der Waals surface area contributed by atoms with Crippen LogP contribution in [0, 0.1) is 5.41 Å². The van der Waals surface area contributed by atoms with Crippen LogP contribution in [0.25, 0.3) is 6.08 Å². The number of esters is 1. The fraction of sp³-hybridized carbons (Fsp3) is 0.444. The van der Waals surface area contributed by atoms with Crippen molar-refractivity contribution in [3.8, 4) is 0 Å². The largest absolute Gasteiger partial charge is 0.466 e. The molecule has 1 aromatic carbocycles. The van der Waals surface area contributed by atoms with Crippen LogP contribution in [0.15, 0.2) is 30.5 Å². The van der Waals surface area contributed by atoms with Crippen molar-refractivity contribution in [2.45, 2.75) is 30.6 Å². The SMILES string of the molecule is CCOC(=O)C(C)(C)[C@H]1c2ccccc2C=CN1C(=O)OCC(Cl)(Cl)Cl. The summed E-state index contributed by atoms with van der Waals surface area (Å²) in [4.78, 5) is 26.5. The fourth-order valence-corrected chi connectivity index (χ4v) is 3.02. The van der Waals surface area contributed by atoms with Gasteiger partial charge < -0.3 is 9.47 Å². The second-order valence-corrected chi connectivity index (χ2v) is 8.88. The number of fused-ring (bicyclic) bond motifs is 1. The van der Waals surface area contributed by atoms with Crippen LogP contribution in [0.4, 0.5) is 4.79 Å². The summed E-state index contributed by atoms with van der Waals surface area (Å²) in [5.74, 6) is -0.422. The third kappa shape index (κ3) is 4.64. The quantitative estimate of drug-likeness (QED) is 0.502. The Balaban J connectivity index is 2.41. The van der Waals surface area contributed by atoms with Gasteiger partial charge in [-0.2, -0.15) is 0 Å². The lowest BCUT2D eigenvalue weighted by Gasteiger charge is -2.41. The van der Waals surface area contributed by atoms with Gasteiger partial charge in [-0.25, -0.2) is 4.79 Å². The number of halogens is 3. The Labute approximate surface area is 167 Å². The normalized spacial score (nSPS) is 16.8. The Morgan fingerprint density at radius 1 is 1.15 bits per heavy atom. The van der Waals surface area contributed by atoms with Gasteiger partial charge in [0.1, 0.15) is 6.61 Å². The number of ether oxygens (including phenoxy) is 2. The molecule has 0 saturated heterocycles. The molecule has 8 heteroatoms. The molecule has 0 N–H and O–H groups in total. The zero-order valence-electron chi connectivity index (χ0n) is 14.7. The van der Waals surface area contributed by atoms with Gasteiger partial charge in [0.05, 0.1) is 18.1 Å². The van der Waals surface area contributed by atoms with E-state index in [9.17, 15) is 9.59 Å². The molecule has 0 unspecified atom stereocenters. The highest BCUT2D eigenvalue weighted by molar-refractivity contribution is 6.67. The van der Waals surface area contributed by atoms with E-state index < -0.39 is 33.9 Å². The third-order valence-electron chi connectivity index (χ3n) is 4.04. The van der Waals surface area contributed by atoms with Gasteiger partial charge in [0.15, 0.2) is 0 Å². The minimum atomic E-state index is -1.72. The van der Waals surface area contributed by atoms with Crippen LogP contribution in [-0.2, 0) is 14.3 Å². The molecule has 1 aliphatic rings. The summed E-state index contributed by atoms with van der Waals surface area (Å²) >= 11 is 17.0. The Hall–Kier alpha value is -1.43. The molecule has 0 aliphatic carbocycles. The topological polar surface area (TPSA) is 55.8 Å². The van der Waals surface area contributed by atoms with E-state index in [-0.39, 0.29) is 6.61 Å². The summed E-state index contributed by atoms with van der Waals surface area (Å²) in [6, 6.07) is 6.86. The Morgan fingerprint density at radius 2 is 1.81 bits per heavy atom. The lowest BCUT2D eigenvalue weighted by Crippen LogP contribution is -2.45. The van der Waals surface area contributed by atoms with Crippen molar-refractivity contribution in [1.82, 2.24) is 4.90 Å². The zero-order chi connectivity index (χ0) is 19.5. The number of rotatable bonds is 4. The molecule has 1 atom stereocenters. The predicted octanol–water partition coefficient (Wildman–Crippen LogP) is 5.11. The molecular formula is C18H20Cl3NO4. The number of benzene rings is 1. The molecule has 1 aliphatic heterocycles. The van der Waals surface area contributed by atoms with Crippen LogP contribution in [0.2, 0.25) is 0 Å². The van der Waals surface area contributed by atoms with Gasteiger partial charge in [-0.3, -0.25) is 9.69 Å². The monoisotopic (exact) mass is 419 g/mol. The predicted molar refractivity (Wildman–Crippen MR) is 102 cm³/mol. The smallest absolute Gasteiger partial charge is 0.414 e. The van der Waals surface area contributed by atoms with Gasteiger partial charge in [-0.05, 0) is 38.0 Å². The van der Waals surface area contributed by atoms with Crippen LogP contribution >= 0.6 is 34.8 Å². The Morgan fingerprint density at radius 3 is 2.42 bits per heavy atom. The van der Waals surface area contributed by atoms with Crippen molar-refractivity contribution < 1.29 is 19.1 Å². The van der Waals surface area contributed by atoms with Crippen molar-refractivity contribution in [3.63, 3.8) is 0 Å². The maximum absolute atomic E-state index is 12.6. The Bertz CT molecular complexity index is 713. The summed E-state index contributed by atoms with van der Waals surface area (Å²) in [5, 5.41) is 0. The number of hydrogen-bond acceptors (Lipinski definition) is 4. The number of carbonyl (C=O) groups is 2. The molecule has 142 valence electrons. The Kier molecular flexibility index (Phi) is 6.48. The van der Waals surface area contributed by atoms with E-state index in [0.29, 0.717) is 0 Å². The number of nitrogens with zero attached hydrogens (tertiary/aromatic N) is 1. The molecule has 0 spiro atoms. The molecule has 0 radical (unpaired) electrons. The summed E-state index contributed by atoms with van der Waals surface area (Å²) in [7, 11) is 0. The van der Waals surface area contributed by atoms with Crippen molar-refractivity contribution in [1.29, 1.82) is 0 Å². The minimum absolute atomic E-state index is 0.240. The van der Waals surface area contributed by atoms with E-state index in [2.05, 4.69) is 0 Å². The molecule has 0 bridgehead atoms. The first kappa shape index (κ1) is 20.9. The molecule has 1 heterocycles. The zero-order valence-corrected chi connectivity index (χ0v) is 16.9. The maximum Gasteiger partial charge on any atom is 0.414 e. The maximum atomic E-state index is 12.6. The average Bonchev–Trinajstić information content (AvgIpc) is 2.58. The van der Waals surface area contributed by atoms with E-state index in [4.69, 9.17) is 44.3 Å². The lowest BCUT2D eigenvalue weighted by atomic mass is 9.77. The van der Waals surface area contributed by atoms with Crippen LogP contribution in [0.1, 0.15) is 37.9 Å². The number of carbonyl (C=O) groups excluding carboxylic acids is 2. The lowest BCUT2D eigenvalue weighted by molar-refractivity contribution is -0.156. The standard InChI is InChI=1S/C18H20Cl3NO4/c1-4-25-15(23)17(2,3)14-13-8-6-5-7-12(13)9-10-22(14)16(24)26-11-18(19,20)21/h5-10,14H,4,11H2,1-3H3/t14-/m1/s1. The first-order chi connectivity index (χ1) is 12.1. The summed E-state index contributed by atoms with van der Waals surface area (Å²) < 4.78 is 8.60. The van der Waals surface area contributed by atoms with Crippen LogP contribution in [0.5, 0.6) is 0 Å². The van der Waals surface area contributed by atoms with E-state index in [1.165, 1.54) is 4.90 Å². The summed E-state index contributed by atoms with van der Waals surface area (Å²) in [6.07, 6.45) is 2.61. The van der Waals surface area contributed by atoms with Crippen molar-refractivity contribution >= 4 is 52.9 Å². The number of hydrogen-bond donors (Lipinski definition) is 0. The molecule has 0 saturated carbocycles. The summed E-state index contributed by atoms with van der Waals surface area (Å²) in [5.41, 5.74) is 0.676. The van der Waals surface area contributed by atoms with E-state index >= 15 is 0 Å². The number of amides is 1. The van der Waals surface area contributed by atoms with E-state index in [0.717, 1.165) is 11.1 Å². The highest BCUT2D eigenvalue weighted by Gasteiger charge is 2.46. The van der Waals surface area contributed by atoms with Gasteiger partial charge in [0.2, 0.25) is 3.79 Å². The van der Waals surface area contributed by atoms with Crippen molar-refractivity contribution in [2.24, 2.45) is 5.41 Å². The van der Waals surface area contributed by atoms with E-state index in [1.807, 2.05) is 24.3 Å². The van der Waals surface area contributed by atoms with Gasteiger partial charge in [-0.15, -0.1) is 0 Å². The van der Waals surface area contributed by atoms with Crippen LogP contribution in [0.3, 0.4) is 0 Å². The van der Waals surface area contributed by atoms with Crippen molar-refractivity contribution in [2.75, 3.05) is 13.2 Å². The third-order valence-corrected chi connectivity index (χ3v) is 4.37. The second-order valence-electron chi connectivity index (χ2n) is 6.37. The molecular weight excluding hydrogens is 401 g/mol. The highest BCUT2D eigenvalue weighted by atomic mass is 35.6. The summed E-state index contributed by atoms with van der Waals surface area (Å²) in [6.45, 7) is 5.01. The minimum Gasteiger partial charge on any atom is -0.466 e. The molecule has 0 fully saturated rings. The first-order valence-corrected chi connectivity index (χ1v) is 9.17. The first-order valence-electron chi connectivity index (χ1n) is 8.04. The second kappa shape index (κ2) is 8.07. The van der Waals surface area contributed by atoms with Gasteiger partial charge in [-0.1, -0.05) is 59.1 Å². The van der Waals surface area contributed by atoms with Crippen LogP contribution < -0.4 is 0 Å². The molecule has 5 nitrogen and oxygen atoms in total. The number of alkyl halides is 3. The van der Waals surface area contributed by atoms with Gasteiger partial charge >= 0.3 is 12.1 Å². The molecule has 1 amide bonds. The van der Waals surface area contributed by atoms with Gasteiger partial charge in [0.25, 0.3) is 0 Å². The molecule has 1 aromatic rings. The van der Waals surface area contributed by atoms with Gasteiger partial charge in [0, 0.05) is 6.20 Å². The molecule has 2 rings (SSSR count). The fourth-order valence-electron chi connectivity index (χ4n) is 2.86. The highest BCUT2D eigenvalue weighted by Crippen LogP contribution is 2.44. The van der Waals surface area contributed by atoms with Crippen molar-refractivity contribution in [3.05, 3.63) is 41.6 Å². The van der Waals surface area contributed by atoms with Crippen LogP contribution in [-0.4, -0.2) is 34.0 Å². The molecule has 26 heavy (non-hydrogen) atoms.